The molecule has 2 aromatic rings. The molecule has 7 heteroatoms. The average Bonchev–Trinajstić information content (AvgIpc) is 3.42. The second kappa shape index (κ2) is 9.72. The summed E-state index contributed by atoms with van der Waals surface area (Å²) in [6, 6.07) is 16.5. The van der Waals surface area contributed by atoms with Gasteiger partial charge in [-0.15, -0.1) is 0 Å². The standard InChI is InChI=1S/C28H32N2O5/c1-30(19-13-18(14-19)27(32)33)26(31)20-12-6-7-17(20)15-29-28(34)35-16-25-23-10-4-2-8-21(23)22-9-3-5-11-24(22)25/h2-5,8-11,17-20,25H,6-7,12-16H2,1H3,(H,29,34)(H,32,33)/t17-,18?,19?,20-/m1/s1. The van der Waals surface area contributed by atoms with E-state index in [1.165, 1.54) is 22.3 Å². The lowest BCUT2D eigenvalue weighted by molar-refractivity contribution is -0.151. The fourth-order valence-corrected chi connectivity index (χ4v) is 6.02. The van der Waals surface area contributed by atoms with Crippen molar-refractivity contribution < 1.29 is 24.2 Å². The second-order valence-electron chi connectivity index (χ2n) is 10.1. The van der Waals surface area contributed by atoms with E-state index in [9.17, 15) is 14.4 Å². The van der Waals surface area contributed by atoms with Crippen molar-refractivity contribution in [1.29, 1.82) is 0 Å². The van der Waals surface area contributed by atoms with Crippen LogP contribution in [0.1, 0.15) is 49.1 Å². The van der Waals surface area contributed by atoms with Crippen LogP contribution in [0.4, 0.5) is 4.79 Å². The third kappa shape index (κ3) is 4.51. The van der Waals surface area contributed by atoms with Crippen LogP contribution in [0.3, 0.4) is 0 Å². The zero-order chi connectivity index (χ0) is 24.5. The first kappa shape index (κ1) is 23.4. The van der Waals surface area contributed by atoms with Crippen molar-refractivity contribution in [3.63, 3.8) is 0 Å². The first-order chi connectivity index (χ1) is 16.9. The Bertz CT molecular complexity index is 1080. The monoisotopic (exact) mass is 476 g/mol. The Balaban J connectivity index is 1.13. The third-order valence-electron chi connectivity index (χ3n) is 8.19. The summed E-state index contributed by atoms with van der Waals surface area (Å²) in [5, 5.41) is 12.0. The normalized spacial score (nSPS) is 24.7. The molecule has 2 N–H and O–H groups in total. The van der Waals surface area contributed by atoms with Gasteiger partial charge in [-0.05, 0) is 53.9 Å². The second-order valence-corrected chi connectivity index (χ2v) is 10.1. The average molecular weight is 477 g/mol. The van der Waals surface area contributed by atoms with Crippen LogP contribution in [0.2, 0.25) is 0 Å². The zero-order valence-corrected chi connectivity index (χ0v) is 20.0. The number of carboxylic acids is 1. The molecule has 2 aromatic carbocycles. The minimum absolute atomic E-state index is 0.0000543. The lowest BCUT2D eigenvalue weighted by Crippen LogP contribution is -2.50. The summed E-state index contributed by atoms with van der Waals surface area (Å²) in [4.78, 5) is 38.5. The molecular weight excluding hydrogens is 444 g/mol. The minimum atomic E-state index is -0.784. The highest BCUT2D eigenvalue weighted by atomic mass is 16.5. The van der Waals surface area contributed by atoms with Crippen molar-refractivity contribution in [3.05, 3.63) is 59.7 Å². The molecule has 184 valence electrons. The molecule has 3 aliphatic carbocycles. The maximum absolute atomic E-state index is 13.1. The summed E-state index contributed by atoms with van der Waals surface area (Å²) in [6.45, 7) is 0.672. The van der Waals surface area contributed by atoms with Crippen LogP contribution in [0.25, 0.3) is 11.1 Å². The number of benzene rings is 2. The van der Waals surface area contributed by atoms with Gasteiger partial charge in [0.1, 0.15) is 6.61 Å². The van der Waals surface area contributed by atoms with E-state index in [1.807, 2.05) is 24.3 Å². The number of hydrogen-bond donors (Lipinski definition) is 2. The maximum Gasteiger partial charge on any atom is 0.407 e. The van der Waals surface area contributed by atoms with Gasteiger partial charge >= 0.3 is 12.1 Å². The summed E-state index contributed by atoms with van der Waals surface area (Å²) >= 11 is 0. The van der Waals surface area contributed by atoms with Gasteiger partial charge in [-0.1, -0.05) is 55.0 Å². The highest BCUT2D eigenvalue weighted by Crippen LogP contribution is 2.44. The highest BCUT2D eigenvalue weighted by Gasteiger charge is 2.42. The summed E-state index contributed by atoms with van der Waals surface area (Å²) in [5.41, 5.74) is 4.73. The van der Waals surface area contributed by atoms with Crippen LogP contribution in [-0.2, 0) is 14.3 Å². The van der Waals surface area contributed by atoms with Gasteiger partial charge in [0.05, 0.1) is 5.92 Å². The lowest BCUT2D eigenvalue weighted by atomic mass is 9.79. The highest BCUT2D eigenvalue weighted by molar-refractivity contribution is 5.81. The van der Waals surface area contributed by atoms with Gasteiger partial charge in [0.15, 0.2) is 0 Å². The summed E-state index contributed by atoms with van der Waals surface area (Å²) < 4.78 is 5.64. The van der Waals surface area contributed by atoms with Gasteiger partial charge in [-0.3, -0.25) is 9.59 Å². The molecule has 2 fully saturated rings. The summed E-state index contributed by atoms with van der Waals surface area (Å²) in [6.07, 6.45) is 3.22. The van der Waals surface area contributed by atoms with Crippen molar-refractivity contribution in [2.75, 3.05) is 20.2 Å². The Morgan fingerprint density at radius 1 is 1.00 bits per heavy atom. The topological polar surface area (TPSA) is 95.9 Å². The van der Waals surface area contributed by atoms with Crippen molar-refractivity contribution in [2.45, 2.75) is 44.1 Å². The van der Waals surface area contributed by atoms with E-state index in [0.29, 0.717) is 19.4 Å². The van der Waals surface area contributed by atoms with Gasteiger partial charge in [-0.2, -0.15) is 0 Å². The van der Waals surface area contributed by atoms with Gasteiger partial charge in [0, 0.05) is 31.5 Å². The van der Waals surface area contributed by atoms with E-state index >= 15 is 0 Å². The molecular formula is C28H32N2O5. The molecule has 0 radical (unpaired) electrons. The van der Waals surface area contributed by atoms with Crippen LogP contribution in [0, 0.1) is 17.8 Å². The van der Waals surface area contributed by atoms with Gasteiger partial charge in [0.25, 0.3) is 0 Å². The Labute approximate surface area is 205 Å². The molecule has 2 atom stereocenters. The summed E-state index contributed by atoms with van der Waals surface area (Å²) in [7, 11) is 1.78. The number of nitrogens with one attached hydrogen (secondary N) is 1. The van der Waals surface area contributed by atoms with E-state index < -0.39 is 12.1 Å². The smallest absolute Gasteiger partial charge is 0.407 e. The van der Waals surface area contributed by atoms with Gasteiger partial charge in [-0.25, -0.2) is 4.79 Å². The number of rotatable bonds is 7. The number of carbonyl (C=O) groups excluding carboxylic acids is 2. The fourth-order valence-electron chi connectivity index (χ4n) is 6.02. The number of carboxylic acid groups (broad SMARTS) is 1. The summed E-state index contributed by atoms with van der Waals surface area (Å²) in [5.74, 6) is -1.12. The first-order valence-corrected chi connectivity index (χ1v) is 12.5. The predicted molar refractivity (Wildman–Crippen MR) is 131 cm³/mol. The van der Waals surface area contributed by atoms with Crippen LogP contribution < -0.4 is 5.32 Å². The molecule has 0 aliphatic heterocycles. The third-order valence-corrected chi connectivity index (χ3v) is 8.19. The van der Waals surface area contributed by atoms with E-state index in [4.69, 9.17) is 9.84 Å². The number of alkyl carbamates (subject to hydrolysis) is 1. The van der Waals surface area contributed by atoms with Gasteiger partial charge in [0.2, 0.25) is 5.91 Å². The number of hydrogen-bond acceptors (Lipinski definition) is 4. The van der Waals surface area contributed by atoms with Crippen molar-refractivity contribution >= 4 is 18.0 Å². The molecule has 0 heterocycles. The quantitative estimate of drug-likeness (QED) is 0.622. The predicted octanol–water partition coefficient (Wildman–Crippen LogP) is 4.26. The Morgan fingerprint density at radius 2 is 1.63 bits per heavy atom. The number of nitrogens with zero attached hydrogens (tertiary/aromatic N) is 1. The zero-order valence-electron chi connectivity index (χ0n) is 20.0. The number of fused-ring (bicyclic) bond motifs is 3. The lowest BCUT2D eigenvalue weighted by Gasteiger charge is -2.40. The maximum atomic E-state index is 13.1. The molecule has 2 amide bonds. The van der Waals surface area contributed by atoms with Crippen molar-refractivity contribution in [2.24, 2.45) is 17.8 Å². The minimum Gasteiger partial charge on any atom is -0.481 e. The Morgan fingerprint density at radius 3 is 2.26 bits per heavy atom. The van der Waals surface area contributed by atoms with E-state index in [-0.39, 0.29) is 42.2 Å². The van der Waals surface area contributed by atoms with Crippen LogP contribution in [0.5, 0.6) is 0 Å². The van der Waals surface area contributed by atoms with Crippen LogP contribution in [-0.4, -0.2) is 54.2 Å². The first-order valence-electron chi connectivity index (χ1n) is 12.5. The molecule has 0 saturated heterocycles. The van der Waals surface area contributed by atoms with Crippen molar-refractivity contribution in [1.82, 2.24) is 10.2 Å². The molecule has 35 heavy (non-hydrogen) atoms. The SMILES string of the molecule is CN(C(=O)[C@@H]1CCC[C@@H]1CNC(=O)OCC1c2ccccc2-c2ccccc21)C1CC(C(=O)O)C1. The molecule has 7 nitrogen and oxygen atoms in total. The van der Waals surface area contributed by atoms with Crippen LogP contribution >= 0.6 is 0 Å². The van der Waals surface area contributed by atoms with Crippen molar-refractivity contribution in [3.8, 4) is 11.1 Å². The largest absolute Gasteiger partial charge is 0.481 e. The molecule has 5 rings (SSSR count). The van der Waals surface area contributed by atoms with E-state index in [1.54, 1.807) is 11.9 Å². The number of amides is 2. The number of carbonyl (C=O) groups is 3. The molecule has 0 spiro atoms. The van der Waals surface area contributed by atoms with Crippen LogP contribution in [0.15, 0.2) is 48.5 Å². The Kier molecular flexibility index (Phi) is 6.50. The molecule has 0 bridgehead atoms. The van der Waals surface area contributed by atoms with E-state index in [0.717, 1.165) is 19.3 Å². The molecule has 0 aromatic heterocycles. The molecule has 0 unspecified atom stereocenters. The molecule has 3 aliphatic rings. The van der Waals surface area contributed by atoms with E-state index in [2.05, 4.69) is 29.6 Å². The fraction of sp³-hybridized carbons (Fsp3) is 0.464. The number of aliphatic carboxylic acids is 1. The number of ether oxygens (including phenoxy) is 1. The molecule has 2 saturated carbocycles. The Hall–Kier alpha value is -3.35. The van der Waals surface area contributed by atoms with Gasteiger partial charge < -0.3 is 20.1 Å².